The van der Waals surface area contributed by atoms with Gasteiger partial charge in [-0.15, -0.1) is 0 Å². The number of carbonyl (C=O) groups excluding carboxylic acids is 1. The first-order valence-corrected chi connectivity index (χ1v) is 24.5. The number of allylic oxidation sites excluding steroid dienone is 4. The number of fused-ring (bicyclic) bond motifs is 2. The van der Waals surface area contributed by atoms with Crippen molar-refractivity contribution in [1.29, 1.82) is 0 Å². The third kappa shape index (κ3) is 13.2. The smallest absolute Gasteiger partial charge is 0.311 e. The molecule has 352 valence electrons. The molecule has 0 saturated heterocycles. The average molecular weight is 920 g/mol. The normalized spacial score (nSPS) is 18.8. The van der Waals surface area contributed by atoms with Gasteiger partial charge in [0, 0.05) is 46.9 Å². The van der Waals surface area contributed by atoms with Crippen LogP contribution in [-0.4, -0.2) is 67.0 Å². The molecule has 0 spiro atoms. The summed E-state index contributed by atoms with van der Waals surface area (Å²) in [5.74, 6) is -0.355. The van der Waals surface area contributed by atoms with E-state index in [9.17, 15) is 22.6 Å². The number of rotatable bonds is 11. The Balaban J connectivity index is 0.000000304. The van der Waals surface area contributed by atoms with E-state index in [4.69, 9.17) is 21.4 Å². The number of esters is 1. The van der Waals surface area contributed by atoms with Gasteiger partial charge in [-0.25, -0.2) is 8.42 Å². The first kappa shape index (κ1) is 54.1. The van der Waals surface area contributed by atoms with Crippen LogP contribution >= 0.6 is 11.6 Å². The molecule has 2 atom stereocenters. The van der Waals surface area contributed by atoms with Crippen molar-refractivity contribution < 1.29 is 37.0 Å². The molecule has 1 aliphatic carbocycles. The zero-order valence-electron chi connectivity index (χ0n) is 41.0. The van der Waals surface area contributed by atoms with Crippen LogP contribution in [0.2, 0.25) is 0 Å². The highest BCUT2D eigenvalue weighted by Crippen LogP contribution is 2.47. The largest absolute Gasteiger partial charge is 0.744 e. The van der Waals surface area contributed by atoms with Crippen molar-refractivity contribution in [1.82, 2.24) is 0 Å². The number of aliphatic carboxylic acids is 1. The van der Waals surface area contributed by atoms with Crippen LogP contribution in [0.1, 0.15) is 138 Å². The fourth-order valence-corrected chi connectivity index (χ4v) is 9.21. The Hall–Kier alpha value is -4.25. The van der Waals surface area contributed by atoms with E-state index in [-0.39, 0.29) is 27.1 Å². The molecular weight excluding hydrogens is 844 g/mol. The van der Waals surface area contributed by atoms with Crippen LogP contribution in [0.15, 0.2) is 100 Å². The molecule has 6 rings (SSSR count). The van der Waals surface area contributed by atoms with Gasteiger partial charge in [-0.1, -0.05) is 99.5 Å². The summed E-state index contributed by atoms with van der Waals surface area (Å²) in [5, 5.41) is 9.54. The van der Waals surface area contributed by atoms with Crippen LogP contribution in [0, 0.1) is 23.7 Å². The SMILES string of the molecule is CCC(C)(C)C(=O)O.CCOC(=O)C(C)(C)CC.CN1c2ccccc2C(C)(C)C1CCC1CCCC(/C=C/C2=[N+](C)c3ccccc3C2(C)C)=C1Cl.Cc1ccc(S(=O)(=O)[O-])cc1. The fourth-order valence-electron chi connectivity index (χ4n) is 8.36. The van der Waals surface area contributed by atoms with E-state index in [1.165, 1.54) is 65.2 Å². The lowest BCUT2D eigenvalue weighted by Gasteiger charge is -2.34. The molecule has 0 bridgehead atoms. The minimum absolute atomic E-state index is 0.00338. The van der Waals surface area contributed by atoms with Gasteiger partial charge in [0.1, 0.15) is 17.2 Å². The Morgan fingerprint density at radius 3 is 1.95 bits per heavy atom. The van der Waals surface area contributed by atoms with E-state index in [1.807, 2.05) is 41.5 Å². The van der Waals surface area contributed by atoms with Crippen molar-refractivity contribution in [3.63, 3.8) is 0 Å². The summed E-state index contributed by atoms with van der Waals surface area (Å²) in [7, 11) is 0.179. The second-order valence-corrected chi connectivity index (χ2v) is 21.4. The molecule has 0 saturated carbocycles. The van der Waals surface area contributed by atoms with Crippen LogP contribution < -0.4 is 4.90 Å². The summed E-state index contributed by atoms with van der Waals surface area (Å²) in [6, 6.07) is 24.0. The van der Waals surface area contributed by atoms with E-state index in [0.717, 1.165) is 29.9 Å². The maximum absolute atomic E-state index is 11.1. The van der Waals surface area contributed by atoms with Gasteiger partial charge in [0.2, 0.25) is 5.69 Å². The minimum atomic E-state index is -4.27. The molecule has 0 radical (unpaired) electrons. The van der Waals surface area contributed by atoms with E-state index in [1.54, 1.807) is 26.0 Å². The molecule has 11 heteroatoms. The number of likely N-dealkylation sites (N-methyl/N-ethyl adjacent to an activating group) is 1. The zero-order valence-corrected chi connectivity index (χ0v) is 42.5. The third-order valence-corrected chi connectivity index (χ3v) is 15.0. The van der Waals surface area contributed by atoms with Gasteiger partial charge in [-0.05, 0) is 136 Å². The summed E-state index contributed by atoms with van der Waals surface area (Å²) in [5.41, 5.74) is 8.47. The van der Waals surface area contributed by atoms with Gasteiger partial charge in [0.15, 0.2) is 5.71 Å². The Bertz CT molecular complexity index is 2290. The van der Waals surface area contributed by atoms with E-state index >= 15 is 0 Å². The number of halogens is 1. The van der Waals surface area contributed by atoms with Crippen molar-refractivity contribution in [3.8, 4) is 0 Å². The maximum Gasteiger partial charge on any atom is 0.311 e. The molecule has 0 aromatic heterocycles. The molecule has 9 nitrogen and oxygen atoms in total. The molecule has 2 aliphatic heterocycles. The first-order chi connectivity index (χ1) is 29.7. The lowest BCUT2D eigenvalue weighted by molar-refractivity contribution is -0.401. The summed E-state index contributed by atoms with van der Waals surface area (Å²) >= 11 is 7.10. The lowest BCUT2D eigenvalue weighted by Crippen LogP contribution is -2.39. The molecule has 2 heterocycles. The number of carboxylic acid groups (broad SMARTS) is 1. The highest BCUT2D eigenvalue weighted by molar-refractivity contribution is 7.85. The predicted octanol–water partition coefficient (Wildman–Crippen LogP) is 12.5. The van der Waals surface area contributed by atoms with Crippen LogP contribution in [0.4, 0.5) is 11.4 Å². The Kier molecular flexibility index (Phi) is 18.8. The van der Waals surface area contributed by atoms with Gasteiger partial charge in [-0.2, -0.15) is 4.58 Å². The number of para-hydroxylation sites is 2. The third-order valence-electron chi connectivity index (χ3n) is 13.6. The molecular formula is C53H75ClN2O7S. The van der Waals surface area contributed by atoms with Crippen molar-refractivity contribution in [2.75, 3.05) is 25.6 Å². The van der Waals surface area contributed by atoms with Gasteiger partial charge < -0.3 is 19.3 Å². The summed E-state index contributed by atoms with van der Waals surface area (Å²) in [6.07, 6.45) is 12.0. The zero-order chi connectivity index (χ0) is 48.4. The molecule has 2 unspecified atom stereocenters. The van der Waals surface area contributed by atoms with Crippen molar-refractivity contribution in [3.05, 3.63) is 112 Å². The molecule has 3 aromatic carbocycles. The van der Waals surface area contributed by atoms with Crippen LogP contribution in [0.3, 0.4) is 0 Å². The van der Waals surface area contributed by atoms with E-state index in [2.05, 4.69) is 112 Å². The number of carbonyl (C=O) groups is 2. The van der Waals surface area contributed by atoms with Gasteiger partial charge >= 0.3 is 11.9 Å². The quantitative estimate of drug-likeness (QED) is 0.114. The maximum atomic E-state index is 11.1. The van der Waals surface area contributed by atoms with Crippen LogP contribution in [0.5, 0.6) is 0 Å². The van der Waals surface area contributed by atoms with Crippen molar-refractivity contribution >= 4 is 50.7 Å². The summed E-state index contributed by atoms with van der Waals surface area (Å²) in [6.45, 7) is 24.7. The number of aryl methyl sites for hydroxylation is 1. The fraction of sp³-hybridized carbons (Fsp3) is 0.528. The lowest BCUT2D eigenvalue weighted by atomic mass is 9.76. The number of hydrogen-bond acceptors (Lipinski definition) is 7. The second-order valence-electron chi connectivity index (χ2n) is 19.6. The van der Waals surface area contributed by atoms with Gasteiger partial charge in [-0.3, -0.25) is 9.59 Å². The molecule has 0 fully saturated rings. The van der Waals surface area contributed by atoms with E-state index < -0.39 is 21.5 Å². The predicted molar refractivity (Wildman–Crippen MR) is 262 cm³/mol. The van der Waals surface area contributed by atoms with Crippen molar-refractivity contribution in [2.24, 2.45) is 16.7 Å². The number of ether oxygens (including phenoxy) is 1. The average Bonchev–Trinajstić information content (AvgIpc) is 3.56. The number of anilines is 1. The summed E-state index contributed by atoms with van der Waals surface area (Å²) < 4.78 is 38.4. The Labute approximate surface area is 390 Å². The summed E-state index contributed by atoms with van der Waals surface area (Å²) in [4.78, 5) is 23.7. The van der Waals surface area contributed by atoms with Gasteiger partial charge in [0.25, 0.3) is 0 Å². The van der Waals surface area contributed by atoms with Gasteiger partial charge in [0.05, 0.1) is 27.7 Å². The number of benzene rings is 3. The monoisotopic (exact) mass is 918 g/mol. The topological polar surface area (TPSA) is 127 Å². The van der Waals surface area contributed by atoms with Crippen LogP contribution in [0.25, 0.3) is 0 Å². The first-order valence-electron chi connectivity index (χ1n) is 22.7. The number of nitrogens with zero attached hydrogens (tertiary/aromatic N) is 2. The minimum Gasteiger partial charge on any atom is -0.744 e. The number of hydrogen-bond donors (Lipinski definition) is 1. The second kappa shape index (κ2) is 22.3. The molecule has 64 heavy (non-hydrogen) atoms. The molecule has 3 aliphatic rings. The van der Waals surface area contributed by atoms with E-state index in [0.29, 0.717) is 25.0 Å². The number of carboxylic acids is 1. The van der Waals surface area contributed by atoms with Crippen molar-refractivity contribution in [2.45, 2.75) is 150 Å². The standard InChI is InChI=1S/C32H40ClN2.C8H16O2.C7H8O3S.C6H12O2/c1-31(2)24-14-7-9-16-26(24)34(5)28(31)20-18-22-12-11-13-23(30(22)33)19-21-29-32(3,4)25-15-8-10-17-27(25)35(29)6;1-5-8(3,4)7(9)10-6-2;1-6-2-4-7(5-3-6)11(8,9)10;1-4-6(2,3)5(7)8/h7-10,14-18,20,23,29H,11-13,19,21H2,1-6H3;5-6H2,1-4H3;2-5H,1H3,(H,8,9,10);4H2,1-3H3,(H,7,8)/q+1;;;/p-1/b20-18+;;;. The Morgan fingerprint density at radius 1 is 0.891 bits per heavy atom. The highest BCUT2D eigenvalue weighted by Gasteiger charge is 2.44. The van der Waals surface area contributed by atoms with Crippen LogP contribution in [-0.2, 0) is 35.3 Å². The molecule has 0 amide bonds. The Morgan fingerprint density at radius 2 is 1.45 bits per heavy atom. The molecule has 3 aromatic rings. The molecule has 1 N–H and O–H groups in total. The highest BCUT2D eigenvalue weighted by atomic mass is 35.5.